The zero-order chi connectivity index (χ0) is 18.2. The van der Waals surface area contributed by atoms with E-state index in [1.807, 2.05) is 0 Å². The molecule has 0 spiro atoms. The number of nitrogens with zero attached hydrogens (tertiary/aromatic N) is 2. The van der Waals surface area contributed by atoms with Gasteiger partial charge < -0.3 is 15.4 Å². The summed E-state index contributed by atoms with van der Waals surface area (Å²) >= 11 is 0. The number of hydrogen-bond acceptors (Lipinski definition) is 6. The van der Waals surface area contributed by atoms with Gasteiger partial charge in [0, 0.05) is 17.7 Å². The monoisotopic (exact) mass is 344 g/mol. The molecule has 0 amide bonds. The molecule has 2 N–H and O–H groups in total. The first-order valence-electron chi connectivity index (χ1n) is 6.07. The maximum atomic E-state index is 12.9. The van der Waals surface area contributed by atoms with Gasteiger partial charge in [0.1, 0.15) is 0 Å². The first-order chi connectivity index (χ1) is 11.0. The molecule has 8 nitrogen and oxygen atoms in total. The summed E-state index contributed by atoms with van der Waals surface area (Å²) in [7, 11) is 0. The minimum Gasteiger partial charge on any atom is -0.619 e. The number of carbonyl (C=O) groups excluding carboxylic acids is 1. The van der Waals surface area contributed by atoms with Crippen molar-refractivity contribution < 1.29 is 37.8 Å². The smallest absolute Gasteiger partial charge is 0.417 e. The zero-order valence-electron chi connectivity index (χ0n) is 11.4. The molecule has 24 heavy (non-hydrogen) atoms. The van der Waals surface area contributed by atoms with Crippen LogP contribution in [0.2, 0.25) is 0 Å². The van der Waals surface area contributed by atoms with Crippen molar-refractivity contribution in [1.82, 2.24) is 0 Å². The van der Waals surface area contributed by atoms with Crippen LogP contribution in [0.4, 0.5) is 18.9 Å². The van der Waals surface area contributed by atoms with E-state index in [2.05, 4.69) is 0 Å². The summed E-state index contributed by atoms with van der Waals surface area (Å²) in [6.45, 7) is 0. The average Bonchev–Trinajstić information content (AvgIpc) is 2.47. The standard InChI is InChI=1S/C13H7F3N2O6/c14-13(15,16)8-1-2-17(22)5-7(8)11(20)6-3-9(18(23)24)12(21)10(19)4-6/h1-5,19,21H. The van der Waals surface area contributed by atoms with Crippen LogP contribution in [0.15, 0.2) is 30.6 Å². The predicted octanol–water partition coefficient (Wildman–Crippen LogP) is 1.89. The number of benzene rings is 1. The fraction of sp³-hybridized carbons (Fsp3) is 0.0769. The molecule has 2 aromatic rings. The van der Waals surface area contributed by atoms with E-state index in [0.29, 0.717) is 30.6 Å². The van der Waals surface area contributed by atoms with E-state index in [4.69, 9.17) is 0 Å². The quantitative estimate of drug-likeness (QED) is 0.219. The minimum absolute atomic E-state index is 0.0445. The highest BCUT2D eigenvalue weighted by Crippen LogP contribution is 2.38. The third-order valence-electron chi connectivity index (χ3n) is 3.01. The number of nitro groups is 1. The Balaban J connectivity index is 2.66. The van der Waals surface area contributed by atoms with Crippen LogP contribution in [0.1, 0.15) is 21.5 Å². The lowest BCUT2D eigenvalue weighted by atomic mass is 9.99. The number of alkyl halides is 3. The zero-order valence-corrected chi connectivity index (χ0v) is 11.4. The van der Waals surface area contributed by atoms with Gasteiger partial charge in [0.15, 0.2) is 23.9 Å². The summed E-state index contributed by atoms with van der Waals surface area (Å²) in [6.07, 6.45) is -4.05. The van der Waals surface area contributed by atoms with Crippen LogP contribution in [0.3, 0.4) is 0 Å². The second-order valence-electron chi connectivity index (χ2n) is 4.58. The Morgan fingerprint density at radius 1 is 1.25 bits per heavy atom. The van der Waals surface area contributed by atoms with Crippen LogP contribution in [0.25, 0.3) is 0 Å². The van der Waals surface area contributed by atoms with Crippen LogP contribution in [-0.2, 0) is 6.18 Å². The molecule has 0 aliphatic carbocycles. The van der Waals surface area contributed by atoms with E-state index in [-0.39, 0.29) is 4.73 Å². The molecule has 0 atom stereocenters. The summed E-state index contributed by atoms with van der Waals surface area (Å²) in [6, 6.07) is 1.45. The first kappa shape index (κ1) is 17.0. The molecule has 0 bridgehead atoms. The lowest BCUT2D eigenvalue weighted by Crippen LogP contribution is -2.29. The van der Waals surface area contributed by atoms with Crippen molar-refractivity contribution in [1.29, 1.82) is 0 Å². The topological polar surface area (TPSA) is 128 Å². The summed E-state index contributed by atoms with van der Waals surface area (Å²) in [5.41, 5.74) is -4.25. The van der Waals surface area contributed by atoms with Crippen molar-refractivity contribution in [3.8, 4) is 11.5 Å². The molecule has 1 aromatic carbocycles. The highest BCUT2D eigenvalue weighted by Gasteiger charge is 2.37. The van der Waals surface area contributed by atoms with Crippen LogP contribution in [0, 0.1) is 15.3 Å². The molecule has 11 heteroatoms. The number of rotatable bonds is 3. The van der Waals surface area contributed by atoms with Crippen molar-refractivity contribution >= 4 is 11.5 Å². The SMILES string of the molecule is O=C(c1cc(O)c(O)c([N+](=O)[O-])c1)c1c[n+]([O-])ccc1C(F)(F)F. The number of nitro benzene ring substituents is 1. The molecule has 0 fully saturated rings. The lowest BCUT2D eigenvalue weighted by molar-refractivity contribution is -0.605. The largest absolute Gasteiger partial charge is 0.619 e. The van der Waals surface area contributed by atoms with Crippen LogP contribution in [0.5, 0.6) is 11.5 Å². The number of halogens is 3. The average molecular weight is 344 g/mol. The van der Waals surface area contributed by atoms with Gasteiger partial charge in [-0.05, 0) is 6.07 Å². The molecule has 1 aromatic heterocycles. The van der Waals surface area contributed by atoms with Gasteiger partial charge in [0.05, 0.1) is 16.1 Å². The molecule has 0 aliphatic heterocycles. The fourth-order valence-corrected chi connectivity index (χ4v) is 1.94. The van der Waals surface area contributed by atoms with Crippen molar-refractivity contribution in [2.24, 2.45) is 0 Å². The number of aromatic nitrogens is 1. The molecule has 0 unspecified atom stereocenters. The van der Waals surface area contributed by atoms with E-state index in [1.54, 1.807) is 0 Å². The van der Waals surface area contributed by atoms with Crippen LogP contribution < -0.4 is 4.73 Å². The maximum absolute atomic E-state index is 12.9. The Bertz CT molecular complexity index is 850. The molecule has 0 radical (unpaired) electrons. The second-order valence-corrected chi connectivity index (χ2v) is 4.58. The van der Waals surface area contributed by atoms with Crippen molar-refractivity contribution in [3.63, 3.8) is 0 Å². The van der Waals surface area contributed by atoms with E-state index in [9.17, 15) is 43.5 Å². The third kappa shape index (κ3) is 3.04. The van der Waals surface area contributed by atoms with E-state index >= 15 is 0 Å². The van der Waals surface area contributed by atoms with E-state index in [1.165, 1.54) is 0 Å². The number of hydrogen-bond donors (Lipinski definition) is 2. The number of phenolic OH excluding ortho intramolecular Hbond substituents is 2. The molecule has 2 rings (SSSR count). The van der Waals surface area contributed by atoms with Gasteiger partial charge >= 0.3 is 11.9 Å². The normalized spacial score (nSPS) is 11.3. The second kappa shape index (κ2) is 5.68. The molecule has 0 saturated carbocycles. The maximum Gasteiger partial charge on any atom is 0.417 e. The number of ketones is 1. The highest BCUT2D eigenvalue weighted by molar-refractivity contribution is 6.10. The molecule has 1 heterocycles. The van der Waals surface area contributed by atoms with Gasteiger partial charge in [0.2, 0.25) is 5.75 Å². The van der Waals surface area contributed by atoms with Crippen molar-refractivity contribution in [2.75, 3.05) is 0 Å². The Morgan fingerprint density at radius 3 is 2.42 bits per heavy atom. The highest BCUT2D eigenvalue weighted by atomic mass is 19.4. The predicted molar refractivity (Wildman–Crippen MR) is 70.3 cm³/mol. The van der Waals surface area contributed by atoms with Crippen molar-refractivity contribution in [3.05, 3.63) is 62.6 Å². The molecule has 0 aliphatic rings. The van der Waals surface area contributed by atoms with E-state index < -0.39 is 50.8 Å². The summed E-state index contributed by atoms with van der Waals surface area (Å²) in [5.74, 6) is -3.59. The number of carbonyl (C=O) groups is 1. The van der Waals surface area contributed by atoms with Gasteiger partial charge in [0.25, 0.3) is 0 Å². The van der Waals surface area contributed by atoms with Crippen molar-refractivity contribution in [2.45, 2.75) is 6.18 Å². The summed E-state index contributed by atoms with van der Waals surface area (Å²) in [5, 5.41) is 40.7. The first-order valence-corrected chi connectivity index (χ1v) is 6.07. The van der Waals surface area contributed by atoms with Gasteiger partial charge in [-0.3, -0.25) is 14.9 Å². The summed E-state index contributed by atoms with van der Waals surface area (Å²) < 4.78 is 38.8. The molecular weight excluding hydrogens is 337 g/mol. The Hall–Kier alpha value is -3.37. The van der Waals surface area contributed by atoms with Crippen LogP contribution in [-0.4, -0.2) is 20.9 Å². The molecule has 126 valence electrons. The minimum atomic E-state index is -4.95. The third-order valence-corrected chi connectivity index (χ3v) is 3.01. The molecule has 0 saturated heterocycles. The number of pyridine rings is 1. The Kier molecular flexibility index (Phi) is 4.02. The Morgan fingerprint density at radius 2 is 1.88 bits per heavy atom. The number of phenols is 2. The van der Waals surface area contributed by atoms with Gasteiger partial charge in [-0.15, -0.1) is 0 Å². The Labute approximate surface area is 130 Å². The van der Waals surface area contributed by atoms with Gasteiger partial charge in [-0.2, -0.15) is 17.9 Å². The van der Waals surface area contributed by atoms with Gasteiger partial charge in [-0.1, -0.05) is 0 Å². The summed E-state index contributed by atoms with van der Waals surface area (Å²) in [4.78, 5) is 21.9. The molecular formula is C13H7F3N2O6. The van der Waals surface area contributed by atoms with E-state index in [0.717, 1.165) is 0 Å². The lowest BCUT2D eigenvalue weighted by Gasteiger charge is -2.11. The van der Waals surface area contributed by atoms with Gasteiger partial charge in [-0.25, -0.2) is 0 Å². The number of aromatic hydroxyl groups is 2. The van der Waals surface area contributed by atoms with Crippen LogP contribution >= 0.6 is 0 Å². The fourth-order valence-electron chi connectivity index (χ4n) is 1.94.